The number of carbonyl (C=O) groups excluding carboxylic acids is 1. The fourth-order valence-electron chi connectivity index (χ4n) is 1.59. The number of pyridine rings is 1. The van der Waals surface area contributed by atoms with Gasteiger partial charge in [-0.25, -0.2) is 4.98 Å². The van der Waals surface area contributed by atoms with Crippen molar-refractivity contribution in [1.82, 2.24) is 4.98 Å². The van der Waals surface area contributed by atoms with E-state index < -0.39 is 0 Å². The van der Waals surface area contributed by atoms with Crippen LogP contribution in [0.1, 0.15) is 23.3 Å². The van der Waals surface area contributed by atoms with Crippen LogP contribution in [0, 0.1) is 0 Å². The molecule has 0 atom stereocenters. The van der Waals surface area contributed by atoms with Crippen LogP contribution in [-0.2, 0) is 22.6 Å². The molecule has 100 valence electrons. The zero-order chi connectivity index (χ0) is 13.5. The van der Waals surface area contributed by atoms with Gasteiger partial charge in [-0.1, -0.05) is 23.7 Å². The predicted molar refractivity (Wildman–Crippen MR) is 76.3 cm³/mol. The number of ether oxygens (including phenoxy) is 1. The molecule has 5 heteroatoms. The summed E-state index contributed by atoms with van der Waals surface area (Å²) in [5.74, 6) is -0.175. The van der Waals surface area contributed by atoms with Crippen molar-refractivity contribution in [3.8, 4) is 0 Å². The van der Waals surface area contributed by atoms with Crippen LogP contribution in [0.5, 0.6) is 0 Å². The zero-order valence-electron chi connectivity index (χ0n) is 10.3. The van der Waals surface area contributed by atoms with Crippen molar-refractivity contribution in [2.45, 2.75) is 25.9 Å². The van der Waals surface area contributed by atoms with Gasteiger partial charge in [-0.05, 0) is 30.4 Å². The summed E-state index contributed by atoms with van der Waals surface area (Å²) in [4.78, 5) is 16.8. The number of aryl methyl sites for hydroxylation is 1. The molecular formula is C14H14ClNO2S. The van der Waals surface area contributed by atoms with Crippen molar-refractivity contribution in [2.24, 2.45) is 0 Å². The molecule has 0 aliphatic rings. The van der Waals surface area contributed by atoms with Crippen LogP contribution in [0.2, 0.25) is 5.15 Å². The second kappa shape index (κ2) is 7.26. The summed E-state index contributed by atoms with van der Waals surface area (Å²) in [5, 5.41) is 2.48. The van der Waals surface area contributed by atoms with E-state index >= 15 is 0 Å². The summed E-state index contributed by atoms with van der Waals surface area (Å²) in [6, 6.07) is 7.58. The maximum Gasteiger partial charge on any atom is 0.306 e. The van der Waals surface area contributed by atoms with Gasteiger partial charge in [0.2, 0.25) is 0 Å². The number of thiophene rings is 1. The molecule has 2 heterocycles. The van der Waals surface area contributed by atoms with Gasteiger partial charge >= 0.3 is 5.97 Å². The quantitative estimate of drug-likeness (QED) is 0.600. The van der Waals surface area contributed by atoms with Crippen LogP contribution in [0.3, 0.4) is 0 Å². The van der Waals surface area contributed by atoms with Crippen molar-refractivity contribution in [3.63, 3.8) is 0 Å². The minimum atomic E-state index is -0.175. The van der Waals surface area contributed by atoms with Crippen molar-refractivity contribution < 1.29 is 9.53 Å². The fraction of sp³-hybridized carbons (Fsp3) is 0.286. The van der Waals surface area contributed by atoms with Gasteiger partial charge in [0.1, 0.15) is 11.8 Å². The van der Waals surface area contributed by atoms with Crippen LogP contribution in [-0.4, -0.2) is 11.0 Å². The minimum Gasteiger partial charge on any atom is -0.461 e. The first-order valence-corrected chi connectivity index (χ1v) is 7.28. The molecule has 0 aromatic carbocycles. The summed E-state index contributed by atoms with van der Waals surface area (Å²) in [6.45, 7) is 0.252. The Morgan fingerprint density at radius 3 is 2.95 bits per heavy atom. The molecule has 0 radical (unpaired) electrons. The molecule has 0 spiro atoms. The molecule has 19 heavy (non-hydrogen) atoms. The Labute approximate surface area is 121 Å². The summed E-state index contributed by atoms with van der Waals surface area (Å²) in [6.07, 6.45) is 3.80. The normalized spacial score (nSPS) is 10.4. The highest BCUT2D eigenvalue weighted by atomic mass is 35.5. The first kappa shape index (κ1) is 14.0. The highest BCUT2D eigenvalue weighted by molar-refractivity contribution is 7.09. The Balaban J connectivity index is 1.65. The van der Waals surface area contributed by atoms with E-state index in [1.807, 2.05) is 11.4 Å². The molecule has 2 aromatic heterocycles. The van der Waals surface area contributed by atoms with E-state index in [9.17, 15) is 4.79 Å². The van der Waals surface area contributed by atoms with Gasteiger partial charge < -0.3 is 4.74 Å². The Morgan fingerprint density at radius 1 is 1.37 bits per heavy atom. The fourth-order valence-corrected chi connectivity index (χ4v) is 2.45. The number of aromatic nitrogens is 1. The maximum atomic E-state index is 11.5. The summed E-state index contributed by atoms with van der Waals surface area (Å²) >= 11 is 7.39. The summed E-state index contributed by atoms with van der Waals surface area (Å²) in [7, 11) is 0. The lowest BCUT2D eigenvalue weighted by Crippen LogP contribution is -2.05. The van der Waals surface area contributed by atoms with Gasteiger partial charge in [0.25, 0.3) is 0 Å². The molecule has 0 aliphatic carbocycles. The molecule has 0 amide bonds. The second-order valence-corrected chi connectivity index (χ2v) is 5.50. The molecule has 0 saturated carbocycles. The van der Waals surface area contributed by atoms with Crippen molar-refractivity contribution in [1.29, 1.82) is 0 Å². The van der Waals surface area contributed by atoms with Gasteiger partial charge in [0.05, 0.1) is 0 Å². The number of nitrogens with zero attached hydrogens (tertiary/aromatic N) is 1. The largest absolute Gasteiger partial charge is 0.461 e. The van der Waals surface area contributed by atoms with Crippen molar-refractivity contribution in [2.75, 3.05) is 0 Å². The smallest absolute Gasteiger partial charge is 0.306 e. The third kappa shape index (κ3) is 5.01. The van der Waals surface area contributed by atoms with Crippen LogP contribution < -0.4 is 0 Å². The number of carbonyl (C=O) groups is 1. The zero-order valence-corrected chi connectivity index (χ0v) is 11.9. The molecular weight excluding hydrogens is 282 g/mol. The molecule has 3 nitrogen and oxygen atoms in total. The van der Waals surface area contributed by atoms with E-state index in [1.54, 1.807) is 29.7 Å². The number of hydrogen-bond acceptors (Lipinski definition) is 4. The topological polar surface area (TPSA) is 39.2 Å². The SMILES string of the molecule is O=C(CCCc1cccs1)OCc1ccc(Cl)nc1. The first-order chi connectivity index (χ1) is 9.24. The third-order valence-corrected chi connectivity index (χ3v) is 3.73. The van der Waals surface area contributed by atoms with Gasteiger partial charge in [-0.2, -0.15) is 0 Å². The molecule has 0 unspecified atom stereocenters. The highest BCUT2D eigenvalue weighted by Gasteiger charge is 2.04. The average Bonchev–Trinajstić information content (AvgIpc) is 2.91. The van der Waals surface area contributed by atoms with E-state index in [0.29, 0.717) is 11.6 Å². The lowest BCUT2D eigenvalue weighted by molar-refractivity contribution is -0.145. The molecule has 2 rings (SSSR count). The van der Waals surface area contributed by atoms with Crippen LogP contribution in [0.15, 0.2) is 35.8 Å². The molecule has 0 bridgehead atoms. The molecule has 2 aromatic rings. The number of hydrogen-bond donors (Lipinski definition) is 0. The highest BCUT2D eigenvalue weighted by Crippen LogP contribution is 2.12. The summed E-state index contributed by atoms with van der Waals surface area (Å²) < 4.78 is 5.17. The standard InChI is InChI=1S/C14H14ClNO2S/c15-13-7-6-11(9-16-13)10-18-14(17)5-1-3-12-4-2-8-19-12/h2,4,6-9H,1,3,5,10H2. The minimum absolute atomic E-state index is 0.175. The lowest BCUT2D eigenvalue weighted by Gasteiger charge is -2.04. The number of rotatable bonds is 6. The predicted octanol–water partition coefficient (Wildman–Crippen LogP) is 3.86. The molecule has 0 fully saturated rings. The van der Waals surface area contributed by atoms with Gasteiger partial charge in [0, 0.05) is 23.1 Å². The van der Waals surface area contributed by atoms with Crippen molar-refractivity contribution >= 4 is 28.9 Å². The van der Waals surface area contributed by atoms with Gasteiger partial charge in [0.15, 0.2) is 0 Å². The van der Waals surface area contributed by atoms with E-state index in [0.717, 1.165) is 18.4 Å². The number of halogens is 1. The average molecular weight is 296 g/mol. The van der Waals surface area contributed by atoms with Crippen LogP contribution in [0.4, 0.5) is 0 Å². The Morgan fingerprint density at radius 2 is 2.26 bits per heavy atom. The Hall–Kier alpha value is -1.39. The maximum absolute atomic E-state index is 11.5. The monoisotopic (exact) mass is 295 g/mol. The van der Waals surface area contributed by atoms with E-state index in [2.05, 4.69) is 11.1 Å². The third-order valence-electron chi connectivity index (χ3n) is 2.57. The van der Waals surface area contributed by atoms with E-state index in [1.165, 1.54) is 4.88 Å². The van der Waals surface area contributed by atoms with Gasteiger partial charge in [-0.3, -0.25) is 4.79 Å². The second-order valence-electron chi connectivity index (χ2n) is 4.08. The number of esters is 1. The Kier molecular flexibility index (Phi) is 5.36. The van der Waals surface area contributed by atoms with Gasteiger partial charge in [-0.15, -0.1) is 11.3 Å². The molecule has 0 aliphatic heterocycles. The molecule has 0 saturated heterocycles. The van der Waals surface area contributed by atoms with Crippen molar-refractivity contribution in [3.05, 3.63) is 51.4 Å². The first-order valence-electron chi connectivity index (χ1n) is 6.02. The summed E-state index contributed by atoms with van der Waals surface area (Å²) in [5.41, 5.74) is 0.844. The Bertz CT molecular complexity index is 511. The van der Waals surface area contributed by atoms with E-state index in [4.69, 9.17) is 16.3 Å². The van der Waals surface area contributed by atoms with E-state index in [-0.39, 0.29) is 12.6 Å². The lowest BCUT2D eigenvalue weighted by atomic mass is 10.2. The van der Waals surface area contributed by atoms with Crippen LogP contribution in [0.25, 0.3) is 0 Å². The van der Waals surface area contributed by atoms with Crippen LogP contribution >= 0.6 is 22.9 Å². The molecule has 0 N–H and O–H groups in total.